The molecule has 126 valence electrons. The maximum atomic E-state index is 12.1. The molecule has 0 aliphatic carbocycles. The summed E-state index contributed by atoms with van der Waals surface area (Å²) < 4.78 is 7.47. The number of aryl methyl sites for hydroxylation is 2. The minimum Gasteiger partial charge on any atom is -0.368 e. The number of thiazole rings is 1. The molecule has 4 rings (SSSR count). The minimum atomic E-state index is -0.150. The van der Waals surface area contributed by atoms with Gasteiger partial charge in [0.05, 0.1) is 19.3 Å². The third-order valence-corrected chi connectivity index (χ3v) is 5.14. The van der Waals surface area contributed by atoms with E-state index in [0.29, 0.717) is 30.0 Å². The van der Waals surface area contributed by atoms with Gasteiger partial charge in [0.2, 0.25) is 0 Å². The second kappa shape index (κ2) is 6.08. The predicted octanol–water partition coefficient (Wildman–Crippen LogP) is 0.995. The maximum absolute atomic E-state index is 12.1. The van der Waals surface area contributed by atoms with E-state index in [4.69, 9.17) is 4.74 Å². The highest BCUT2D eigenvalue weighted by atomic mass is 32.1. The number of hydrogen-bond acceptors (Lipinski definition) is 7. The van der Waals surface area contributed by atoms with Crippen LogP contribution < -0.4 is 5.56 Å². The van der Waals surface area contributed by atoms with E-state index in [1.54, 1.807) is 29.3 Å². The highest BCUT2D eigenvalue weighted by Gasteiger charge is 2.25. The van der Waals surface area contributed by atoms with Crippen molar-refractivity contribution in [1.82, 2.24) is 29.6 Å². The molecule has 0 amide bonds. The van der Waals surface area contributed by atoms with Gasteiger partial charge in [-0.2, -0.15) is 5.10 Å². The zero-order valence-corrected chi connectivity index (χ0v) is 14.3. The molecule has 0 aromatic carbocycles. The number of hydrogen-bond donors (Lipinski definition) is 1. The molecule has 0 saturated carbocycles. The summed E-state index contributed by atoms with van der Waals surface area (Å²) in [6, 6.07) is 0. The first-order valence-corrected chi connectivity index (χ1v) is 8.65. The van der Waals surface area contributed by atoms with Gasteiger partial charge in [-0.3, -0.25) is 14.4 Å². The van der Waals surface area contributed by atoms with Gasteiger partial charge in [-0.1, -0.05) is 0 Å². The second-order valence-corrected chi connectivity index (χ2v) is 6.83. The van der Waals surface area contributed by atoms with Gasteiger partial charge in [-0.05, 0) is 6.92 Å². The molecule has 24 heavy (non-hydrogen) atoms. The van der Waals surface area contributed by atoms with Gasteiger partial charge in [0, 0.05) is 31.2 Å². The monoisotopic (exact) mass is 346 g/mol. The van der Waals surface area contributed by atoms with Crippen LogP contribution in [-0.4, -0.2) is 49.3 Å². The topological polar surface area (TPSA) is 88.9 Å². The molecule has 1 atom stereocenters. The molecule has 1 saturated heterocycles. The van der Waals surface area contributed by atoms with Crippen LogP contribution >= 0.6 is 11.3 Å². The number of ether oxygens (including phenoxy) is 1. The first-order chi connectivity index (χ1) is 11.6. The molecule has 3 aromatic rings. The molecular weight excluding hydrogens is 328 g/mol. The Morgan fingerprint density at radius 3 is 3.12 bits per heavy atom. The Morgan fingerprint density at radius 2 is 2.33 bits per heavy atom. The van der Waals surface area contributed by atoms with Crippen molar-refractivity contribution in [1.29, 1.82) is 0 Å². The summed E-state index contributed by atoms with van der Waals surface area (Å²) in [5.41, 5.74) is 1.47. The number of rotatable bonds is 3. The van der Waals surface area contributed by atoms with Gasteiger partial charge < -0.3 is 9.72 Å². The maximum Gasteiger partial charge on any atom is 0.262 e. The Kier molecular flexibility index (Phi) is 3.91. The average Bonchev–Trinajstić information content (AvgIpc) is 3.15. The highest BCUT2D eigenvalue weighted by Crippen LogP contribution is 2.25. The van der Waals surface area contributed by atoms with Crippen LogP contribution in [0.1, 0.15) is 22.6 Å². The van der Waals surface area contributed by atoms with Crippen LogP contribution in [0.4, 0.5) is 0 Å². The number of nitrogens with zero attached hydrogens (tertiary/aromatic N) is 5. The fourth-order valence-corrected chi connectivity index (χ4v) is 3.72. The van der Waals surface area contributed by atoms with Crippen LogP contribution in [0.5, 0.6) is 0 Å². The van der Waals surface area contributed by atoms with E-state index >= 15 is 0 Å². The second-order valence-electron chi connectivity index (χ2n) is 5.94. The number of aromatic amines is 1. The number of fused-ring (bicyclic) bond motifs is 1. The van der Waals surface area contributed by atoms with Crippen molar-refractivity contribution in [3.8, 4) is 0 Å². The Morgan fingerprint density at radius 1 is 1.46 bits per heavy atom. The first-order valence-electron chi connectivity index (χ1n) is 7.77. The summed E-state index contributed by atoms with van der Waals surface area (Å²) >= 11 is 1.62. The summed E-state index contributed by atoms with van der Waals surface area (Å²) in [6.45, 7) is 4.73. The van der Waals surface area contributed by atoms with Gasteiger partial charge >= 0.3 is 0 Å². The fraction of sp³-hybridized carbons (Fsp3) is 0.467. The SMILES string of the molecule is Cc1csc(C2CN(Cc3nc4c(cnn4C)c(=O)[nH]3)CCO2)n1. The predicted molar refractivity (Wildman–Crippen MR) is 90.0 cm³/mol. The van der Waals surface area contributed by atoms with Crippen LogP contribution in [-0.2, 0) is 18.3 Å². The van der Waals surface area contributed by atoms with Crippen molar-refractivity contribution in [3.05, 3.63) is 38.5 Å². The van der Waals surface area contributed by atoms with Crippen molar-refractivity contribution < 1.29 is 4.74 Å². The largest absolute Gasteiger partial charge is 0.368 e. The van der Waals surface area contributed by atoms with E-state index in [2.05, 4.69) is 25.0 Å². The molecule has 0 bridgehead atoms. The van der Waals surface area contributed by atoms with E-state index < -0.39 is 0 Å². The van der Waals surface area contributed by atoms with Gasteiger partial charge in [0.25, 0.3) is 5.56 Å². The lowest BCUT2D eigenvalue weighted by atomic mass is 10.2. The van der Waals surface area contributed by atoms with Crippen LogP contribution in [0.2, 0.25) is 0 Å². The van der Waals surface area contributed by atoms with Crippen molar-refractivity contribution in [2.75, 3.05) is 19.7 Å². The molecule has 4 heterocycles. The highest BCUT2D eigenvalue weighted by molar-refractivity contribution is 7.09. The van der Waals surface area contributed by atoms with Crippen LogP contribution in [0, 0.1) is 6.92 Å². The van der Waals surface area contributed by atoms with E-state index in [1.165, 1.54) is 0 Å². The smallest absolute Gasteiger partial charge is 0.262 e. The molecular formula is C15H18N6O2S. The van der Waals surface area contributed by atoms with Crippen LogP contribution in [0.3, 0.4) is 0 Å². The third kappa shape index (κ3) is 2.85. The van der Waals surface area contributed by atoms with Gasteiger partial charge in [-0.25, -0.2) is 9.97 Å². The van der Waals surface area contributed by atoms with E-state index in [1.807, 2.05) is 12.3 Å². The molecule has 9 heteroatoms. The lowest BCUT2D eigenvalue weighted by molar-refractivity contribution is -0.0337. The summed E-state index contributed by atoms with van der Waals surface area (Å²) in [5, 5.41) is 7.64. The zero-order valence-electron chi connectivity index (χ0n) is 13.5. The molecule has 8 nitrogen and oxygen atoms in total. The number of H-pyrrole nitrogens is 1. The first kappa shape index (κ1) is 15.4. The number of nitrogens with one attached hydrogen (secondary N) is 1. The van der Waals surface area contributed by atoms with Crippen molar-refractivity contribution in [3.63, 3.8) is 0 Å². The van der Waals surface area contributed by atoms with Gasteiger partial charge in [0.15, 0.2) is 5.65 Å². The van der Waals surface area contributed by atoms with Crippen LogP contribution in [0.15, 0.2) is 16.4 Å². The van der Waals surface area contributed by atoms with E-state index in [0.717, 1.165) is 23.8 Å². The zero-order chi connectivity index (χ0) is 16.7. The van der Waals surface area contributed by atoms with Gasteiger partial charge in [0.1, 0.15) is 22.3 Å². The summed E-state index contributed by atoms with van der Waals surface area (Å²) in [4.78, 5) is 26.3. The van der Waals surface area contributed by atoms with Crippen molar-refractivity contribution >= 4 is 22.4 Å². The molecule has 1 unspecified atom stereocenters. The molecule has 1 aliphatic rings. The average molecular weight is 346 g/mol. The number of aromatic nitrogens is 5. The Labute approximate surface area is 142 Å². The lowest BCUT2D eigenvalue weighted by Crippen LogP contribution is -2.38. The fourth-order valence-electron chi connectivity index (χ4n) is 2.88. The third-order valence-electron chi connectivity index (χ3n) is 4.09. The van der Waals surface area contributed by atoms with Crippen molar-refractivity contribution in [2.45, 2.75) is 19.6 Å². The molecule has 0 radical (unpaired) electrons. The Bertz CT molecular complexity index is 930. The summed E-state index contributed by atoms with van der Waals surface area (Å²) in [6.07, 6.45) is 1.52. The quantitative estimate of drug-likeness (QED) is 0.761. The lowest BCUT2D eigenvalue weighted by Gasteiger charge is -2.31. The standard InChI is InChI=1S/C15H18N6O2S/c1-9-8-24-15(17-9)11-6-21(3-4-23-11)7-12-18-13-10(14(22)19-12)5-16-20(13)2/h5,8,11H,3-4,6-7H2,1-2H3,(H,18,19,22). The normalized spacial score (nSPS) is 19.2. The van der Waals surface area contributed by atoms with Gasteiger partial charge in [-0.15, -0.1) is 11.3 Å². The summed E-state index contributed by atoms with van der Waals surface area (Å²) in [5.74, 6) is 0.645. The number of morpholine rings is 1. The molecule has 1 fully saturated rings. The molecule has 1 N–H and O–H groups in total. The van der Waals surface area contributed by atoms with Crippen LogP contribution in [0.25, 0.3) is 11.0 Å². The summed E-state index contributed by atoms with van der Waals surface area (Å²) in [7, 11) is 1.79. The molecule has 3 aromatic heterocycles. The minimum absolute atomic E-state index is 0.0235. The Balaban J connectivity index is 1.54. The van der Waals surface area contributed by atoms with Crippen molar-refractivity contribution in [2.24, 2.45) is 7.05 Å². The molecule has 0 spiro atoms. The molecule has 1 aliphatic heterocycles. The van der Waals surface area contributed by atoms with E-state index in [9.17, 15) is 4.79 Å². The van der Waals surface area contributed by atoms with E-state index in [-0.39, 0.29) is 11.7 Å². The Hall–Kier alpha value is -2.10.